The summed E-state index contributed by atoms with van der Waals surface area (Å²) in [4.78, 5) is 7.22. The van der Waals surface area contributed by atoms with Crippen LogP contribution in [0.25, 0.3) is 0 Å². The molecule has 0 unspecified atom stereocenters. The van der Waals surface area contributed by atoms with Crippen molar-refractivity contribution in [2.45, 2.75) is 19.6 Å². The molecule has 0 saturated heterocycles. The molecule has 0 fully saturated rings. The molecular formula is C14H16N4S. The summed E-state index contributed by atoms with van der Waals surface area (Å²) in [5.41, 5.74) is 7.85. The fourth-order valence-corrected chi connectivity index (χ4v) is 2.57. The van der Waals surface area contributed by atoms with E-state index in [4.69, 9.17) is 18.0 Å². The molecule has 2 aromatic rings. The van der Waals surface area contributed by atoms with E-state index in [0.717, 1.165) is 37.6 Å². The summed E-state index contributed by atoms with van der Waals surface area (Å²) in [7, 11) is 0. The van der Waals surface area contributed by atoms with Crippen LogP contribution in [0, 0.1) is 0 Å². The molecule has 2 heterocycles. The van der Waals surface area contributed by atoms with Crippen LogP contribution in [-0.2, 0) is 19.6 Å². The van der Waals surface area contributed by atoms with E-state index in [1.54, 1.807) is 0 Å². The van der Waals surface area contributed by atoms with Crippen molar-refractivity contribution in [2.24, 2.45) is 5.73 Å². The summed E-state index contributed by atoms with van der Waals surface area (Å²) in [6.45, 7) is 3.85. The molecule has 0 spiro atoms. The fourth-order valence-electron chi connectivity index (χ4n) is 2.44. The molecule has 1 aliphatic heterocycles. The maximum absolute atomic E-state index is 5.67. The first-order chi connectivity index (χ1) is 9.22. The number of nitrogens with two attached hydrogens (primary N) is 1. The van der Waals surface area contributed by atoms with Crippen LogP contribution in [0.3, 0.4) is 0 Å². The zero-order chi connectivity index (χ0) is 13.2. The molecule has 98 valence electrons. The van der Waals surface area contributed by atoms with E-state index in [-0.39, 0.29) is 0 Å². The van der Waals surface area contributed by atoms with Gasteiger partial charge in [0.05, 0.1) is 6.54 Å². The Labute approximate surface area is 117 Å². The van der Waals surface area contributed by atoms with Gasteiger partial charge in [-0.25, -0.2) is 4.98 Å². The van der Waals surface area contributed by atoms with E-state index < -0.39 is 0 Å². The van der Waals surface area contributed by atoms with E-state index in [2.05, 4.69) is 26.6 Å². The van der Waals surface area contributed by atoms with E-state index in [1.807, 2.05) is 24.5 Å². The van der Waals surface area contributed by atoms with Gasteiger partial charge in [-0.05, 0) is 11.6 Å². The predicted molar refractivity (Wildman–Crippen MR) is 78.7 cm³/mol. The quantitative estimate of drug-likeness (QED) is 0.861. The molecule has 1 aliphatic rings. The first-order valence-electron chi connectivity index (χ1n) is 6.33. The van der Waals surface area contributed by atoms with Gasteiger partial charge in [0.25, 0.3) is 0 Å². The number of benzene rings is 1. The second-order valence-corrected chi connectivity index (χ2v) is 5.25. The van der Waals surface area contributed by atoms with E-state index in [9.17, 15) is 0 Å². The monoisotopic (exact) mass is 272 g/mol. The van der Waals surface area contributed by atoms with Gasteiger partial charge in [-0.15, -0.1) is 0 Å². The summed E-state index contributed by atoms with van der Waals surface area (Å²) in [5, 5.41) is 0. The van der Waals surface area contributed by atoms with Gasteiger partial charge in [-0.1, -0.05) is 30.4 Å². The number of nitrogens with zero attached hydrogens (tertiary/aromatic N) is 3. The molecule has 5 heteroatoms. The zero-order valence-corrected chi connectivity index (χ0v) is 11.4. The van der Waals surface area contributed by atoms with Gasteiger partial charge in [0, 0.05) is 37.6 Å². The number of fused-ring (bicyclic) bond motifs is 1. The third-order valence-electron chi connectivity index (χ3n) is 3.44. The third kappa shape index (κ3) is 2.67. The number of hydrogen-bond acceptors (Lipinski definition) is 3. The van der Waals surface area contributed by atoms with Crippen molar-refractivity contribution in [3.05, 3.63) is 53.6 Å². The molecule has 0 radical (unpaired) electrons. The molecule has 1 aromatic carbocycles. The highest BCUT2D eigenvalue weighted by molar-refractivity contribution is 7.80. The number of rotatable bonds is 3. The van der Waals surface area contributed by atoms with Crippen LogP contribution in [-0.4, -0.2) is 26.0 Å². The highest BCUT2D eigenvalue weighted by Crippen LogP contribution is 2.14. The Balaban J connectivity index is 1.72. The normalized spacial score (nSPS) is 15.2. The van der Waals surface area contributed by atoms with Crippen LogP contribution >= 0.6 is 12.2 Å². The molecule has 3 rings (SSSR count). The first-order valence-corrected chi connectivity index (χ1v) is 6.74. The third-order valence-corrected chi connectivity index (χ3v) is 3.68. The lowest BCUT2D eigenvalue weighted by Crippen LogP contribution is -2.33. The average molecular weight is 272 g/mol. The number of hydrogen-bond donors (Lipinski definition) is 1. The molecule has 0 amide bonds. The van der Waals surface area contributed by atoms with Crippen LogP contribution < -0.4 is 5.73 Å². The maximum Gasteiger partial charge on any atom is 0.122 e. The van der Waals surface area contributed by atoms with Crippen molar-refractivity contribution in [2.75, 3.05) is 6.54 Å². The Morgan fingerprint density at radius 1 is 1.37 bits per heavy atom. The Bertz CT molecular complexity index is 605. The largest absolute Gasteiger partial charge is 0.389 e. The Kier molecular flexibility index (Phi) is 3.31. The lowest BCUT2D eigenvalue weighted by atomic mass is 10.1. The minimum atomic E-state index is 0.455. The SMILES string of the molecule is NC(=S)c1cccc(CN2CCn3ccnc3C2)c1. The van der Waals surface area contributed by atoms with E-state index >= 15 is 0 Å². The van der Waals surface area contributed by atoms with Crippen LogP contribution in [0.1, 0.15) is 17.0 Å². The smallest absolute Gasteiger partial charge is 0.122 e. The maximum atomic E-state index is 5.67. The highest BCUT2D eigenvalue weighted by Gasteiger charge is 2.16. The molecule has 0 bridgehead atoms. The molecule has 2 N–H and O–H groups in total. The zero-order valence-electron chi connectivity index (χ0n) is 10.6. The molecule has 0 atom stereocenters. The van der Waals surface area contributed by atoms with Crippen LogP contribution in [0.4, 0.5) is 0 Å². The first kappa shape index (κ1) is 12.3. The van der Waals surface area contributed by atoms with Gasteiger partial charge in [0.15, 0.2) is 0 Å². The van der Waals surface area contributed by atoms with Gasteiger partial charge >= 0.3 is 0 Å². The van der Waals surface area contributed by atoms with Crippen LogP contribution in [0.15, 0.2) is 36.7 Å². The van der Waals surface area contributed by atoms with Crippen molar-refractivity contribution in [1.29, 1.82) is 0 Å². The van der Waals surface area contributed by atoms with Gasteiger partial charge in [0.2, 0.25) is 0 Å². The molecular weight excluding hydrogens is 256 g/mol. The van der Waals surface area contributed by atoms with E-state index in [1.165, 1.54) is 5.56 Å². The Morgan fingerprint density at radius 3 is 3.11 bits per heavy atom. The van der Waals surface area contributed by atoms with Gasteiger partial charge in [0.1, 0.15) is 10.8 Å². The van der Waals surface area contributed by atoms with Gasteiger partial charge < -0.3 is 10.3 Å². The van der Waals surface area contributed by atoms with Gasteiger partial charge in [-0.3, -0.25) is 4.90 Å². The predicted octanol–water partition coefficient (Wildman–Crippen LogP) is 1.53. The highest BCUT2D eigenvalue weighted by atomic mass is 32.1. The molecule has 0 aliphatic carbocycles. The summed E-state index contributed by atoms with van der Waals surface area (Å²) in [5.74, 6) is 1.14. The Morgan fingerprint density at radius 2 is 2.26 bits per heavy atom. The standard InChI is InChI=1S/C14H16N4S/c15-14(19)12-3-1-2-11(8-12)9-17-6-7-18-5-4-16-13(18)10-17/h1-5,8H,6-7,9-10H2,(H2,15,19). The van der Waals surface area contributed by atoms with Crippen LogP contribution in [0.2, 0.25) is 0 Å². The van der Waals surface area contributed by atoms with Crippen molar-refractivity contribution >= 4 is 17.2 Å². The summed E-state index contributed by atoms with van der Waals surface area (Å²) in [6, 6.07) is 8.15. The fraction of sp³-hybridized carbons (Fsp3) is 0.286. The lowest BCUT2D eigenvalue weighted by Gasteiger charge is -2.27. The topological polar surface area (TPSA) is 47.1 Å². The number of imidazole rings is 1. The summed E-state index contributed by atoms with van der Waals surface area (Å²) < 4.78 is 2.21. The van der Waals surface area contributed by atoms with Crippen molar-refractivity contribution in [1.82, 2.24) is 14.5 Å². The Hall–Kier alpha value is -1.72. The number of aromatic nitrogens is 2. The molecule has 19 heavy (non-hydrogen) atoms. The summed E-state index contributed by atoms with van der Waals surface area (Å²) in [6.07, 6.45) is 3.91. The summed E-state index contributed by atoms with van der Waals surface area (Å²) >= 11 is 5.02. The average Bonchev–Trinajstić information content (AvgIpc) is 2.86. The minimum absolute atomic E-state index is 0.455. The van der Waals surface area contributed by atoms with Crippen molar-refractivity contribution < 1.29 is 0 Å². The molecule has 0 saturated carbocycles. The van der Waals surface area contributed by atoms with Crippen molar-refractivity contribution in [3.8, 4) is 0 Å². The molecule has 4 nitrogen and oxygen atoms in total. The van der Waals surface area contributed by atoms with Gasteiger partial charge in [-0.2, -0.15) is 0 Å². The van der Waals surface area contributed by atoms with Crippen molar-refractivity contribution in [3.63, 3.8) is 0 Å². The second-order valence-electron chi connectivity index (χ2n) is 4.81. The van der Waals surface area contributed by atoms with Crippen LogP contribution in [0.5, 0.6) is 0 Å². The van der Waals surface area contributed by atoms with E-state index in [0.29, 0.717) is 4.99 Å². The molecule has 1 aromatic heterocycles. The lowest BCUT2D eigenvalue weighted by molar-refractivity contribution is 0.209. The number of thiocarbonyl (C=S) groups is 1. The second kappa shape index (κ2) is 5.11. The minimum Gasteiger partial charge on any atom is -0.389 e.